The lowest BCUT2D eigenvalue weighted by molar-refractivity contribution is 0.593. The van der Waals surface area contributed by atoms with Gasteiger partial charge < -0.3 is 0 Å². The number of benzene rings is 1. The molecule has 11 heteroatoms. The van der Waals surface area contributed by atoms with Crippen LogP contribution in [0.25, 0.3) is 22.2 Å². The van der Waals surface area contributed by atoms with E-state index < -0.39 is 15.8 Å². The van der Waals surface area contributed by atoms with Crippen molar-refractivity contribution in [2.24, 2.45) is 5.14 Å². The lowest BCUT2D eigenvalue weighted by atomic mass is 10.1. The number of halogens is 1. The van der Waals surface area contributed by atoms with Crippen LogP contribution >= 0.6 is 11.8 Å². The van der Waals surface area contributed by atoms with E-state index in [2.05, 4.69) is 15.0 Å². The van der Waals surface area contributed by atoms with E-state index in [9.17, 15) is 17.6 Å². The van der Waals surface area contributed by atoms with Crippen LogP contribution in [-0.4, -0.2) is 34.2 Å². The van der Waals surface area contributed by atoms with Gasteiger partial charge in [-0.25, -0.2) is 27.9 Å². The van der Waals surface area contributed by atoms with Crippen LogP contribution in [0.4, 0.5) is 4.39 Å². The van der Waals surface area contributed by atoms with Crippen molar-refractivity contribution in [3.63, 3.8) is 0 Å². The third-order valence-corrected chi connectivity index (χ3v) is 6.07. The van der Waals surface area contributed by atoms with Crippen LogP contribution in [0.1, 0.15) is 5.56 Å². The van der Waals surface area contributed by atoms with Gasteiger partial charge in [0.25, 0.3) is 5.56 Å². The highest BCUT2D eigenvalue weighted by molar-refractivity contribution is 7.98. The average Bonchev–Trinajstić information content (AvgIpc) is 2.75. The number of nitrogens with zero attached hydrogens (tertiary/aromatic N) is 4. The van der Waals surface area contributed by atoms with Crippen LogP contribution in [0, 0.1) is 5.82 Å². The molecular formula is C20H16FN5O3S2. The number of hydrogen-bond donors (Lipinski definition) is 1. The fourth-order valence-corrected chi connectivity index (χ4v) is 3.98. The number of aromatic nitrogens is 4. The van der Waals surface area contributed by atoms with Crippen LogP contribution in [0.2, 0.25) is 0 Å². The predicted octanol–water partition coefficient (Wildman–Crippen LogP) is 2.41. The minimum atomic E-state index is -4.01. The summed E-state index contributed by atoms with van der Waals surface area (Å²) < 4.78 is 38.9. The van der Waals surface area contributed by atoms with E-state index in [-0.39, 0.29) is 22.6 Å². The Morgan fingerprint density at radius 2 is 1.94 bits per heavy atom. The SMILES string of the molecule is CSc1ncc2ccc(=O)n(Cc3cncc(-c4ccc(S(N)(=O)=O)cc4F)c3)c2n1. The second kappa shape index (κ2) is 8.17. The molecule has 4 rings (SSSR count). The first kappa shape index (κ1) is 21.1. The van der Waals surface area contributed by atoms with E-state index in [4.69, 9.17) is 5.14 Å². The highest BCUT2D eigenvalue weighted by Gasteiger charge is 2.14. The molecule has 8 nitrogen and oxygen atoms in total. The second-order valence-corrected chi connectivity index (χ2v) is 9.00. The fourth-order valence-electron chi connectivity index (χ4n) is 3.12. The van der Waals surface area contributed by atoms with Crippen LogP contribution in [-0.2, 0) is 16.6 Å². The lowest BCUT2D eigenvalue weighted by Crippen LogP contribution is -2.21. The zero-order chi connectivity index (χ0) is 22.2. The summed E-state index contributed by atoms with van der Waals surface area (Å²) in [5.74, 6) is -0.745. The first-order valence-electron chi connectivity index (χ1n) is 8.93. The predicted molar refractivity (Wildman–Crippen MR) is 116 cm³/mol. The minimum Gasteiger partial charge on any atom is -0.288 e. The summed E-state index contributed by atoms with van der Waals surface area (Å²) in [5.41, 5.74) is 1.49. The van der Waals surface area contributed by atoms with Crippen molar-refractivity contribution in [1.82, 2.24) is 19.5 Å². The normalized spacial score (nSPS) is 11.7. The van der Waals surface area contributed by atoms with Crippen molar-refractivity contribution in [3.8, 4) is 11.1 Å². The Hall–Kier alpha value is -3.15. The molecule has 31 heavy (non-hydrogen) atoms. The van der Waals surface area contributed by atoms with Crippen LogP contribution in [0.15, 0.2) is 69.8 Å². The zero-order valence-corrected chi connectivity index (χ0v) is 17.8. The highest BCUT2D eigenvalue weighted by atomic mass is 32.2. The smallest absolute Gasteiger partial charge is 0.252 e. The molecule has 1 aromatic carbocycles. The van der Waals surface area contributed by atoms with Gasteiger partial charge in [-0.2, -0.15) is 0 Å². The van der Waals surface area contributed by atoms with E-state index in [1.165, 1.54) is 40.7 Å². The van der Waals surface area contributed by atoms with Gasteiger partial charge in [0, 0.05) is 41.2 Å². The van der Waals surface area contributed by atoms with Crippen LogP contribution in [0.3, 0.4) is 0 Å². The molecule has 0 saturated heterocycles. The van der Waals surface area contributed by atoms with Gasteiger partial charge >= 0.3 is 0 Å². The molecule has 2 N–H and O–H groups in total. The first-order valence-corrected chi connectivity index (χ1v) is 11.7. The van der Waals surface area contributed by atoms with Crippen molar-refractivity contribution < 1.29 is 12.8 Å². The van der Waals surface area contributed by atoms with Gasteiger partial charge in [-0.15, -0.1) is 0 Å². The largest absolute Gasteiger partial charge is 0.288 e. The van der Waals surface area contributed by atoms with Gasteiger partial charge in [-0.05, 0) is 36.1 Å². The summed E-state index contributed by atoms with van der Waals surface area (Å²) in [6, 6.07) is 8.22. The number of pyridine rings is 2. The molecule has 0 aliphatic rings. The number of thioether (sulfide) groups is 1. The lowest BCUT2D eigenvalue weighted by Gasteiger charge is -2.11. The van der Waals surface area contributed by atoms with E-state index in [1.807, 2.05) is 6.26 Å². The van der Waals surface area contributed by atoms with E-state index in [0.717, 1.165) is 6.07 Å². The summed E-state index contributed by atoms with van der Waals surface area (Å²) in [6.45, 7) is 0.165. The molecular weight excluding hydrogens is 441 g/mol. The molecule has 0 aliphatic heterocycles. The molecule has 0 amide bonds. The number of nitrogens with two attached hydrogens (primary N) is 1. The fraction of sp³-hybridized carbons (Fsp3) is 0.100. The van der Waals surface area contributed by atoms with Gasteiger partial charge in [0.2, 0.25) is 10.0 Å². The number of fused-ring (bicyclic) bond motifs is 1. The Labute approximate surface area is 181 Å². The zero-order valence-electron chi connectivity index (χ0n) is 16.2. The Bertz CT molecular complexity index is 1470. The van der Waals surface area contributed by atoms with Gasteiger partial charge in [0.05, 0.1) is 11.4 Å². The Morgan fingerprint density at radius 1 is 1.13 bits per heavy atom. The molecule has 0 spiro atoms. The van der Waals surface area contributed by atoms with Crippen LogP contribution in [0.5, 0.6) is 0 Å². The molecule has 0 bridgehead atoms. The van der Waals surface area contributed by atoms with Gasteiger partial charge in [0.1, 0.15) is 11.5 Å². The summed E-state index contributed by atoms with van der Waals surface area (Å²) in [7, 11) is -4.01. The van der Waals surface area contributed by atoms with E-state index in [1.54, 1.807) is 24.5 Å². The standard InChI is InChI=1S/C20H16FN5O3S2/c1-30-20-24-10-13-2-5-18(27)26(19(13)25-20)11-12-6-14(9-23-8-12)16-4-3-15(7-17(16)21)31(22,28)29/h2-10H,11H2,1H3,(H2,22,28,29). The third kappa shape index (κ3) is 4.33. The second-order valence-electron chi connectivity index (χ2n) is 6.66. The summed E-state index contributed by atoms with van der Waals surface area (Å²) in [6.07, 6.45) is 6.53. The highest BCUT2D eigenvalue weighted by Crippen LogP contribution is 2.25. The van der Waals surface area contributed by atoms with Gasteiger partial charge in [-0.1, -0.05) is 17.8 Å². The van der Waals surface area contributed by atoms with Crippen molar-refractivity contribution in [2.75, 3.05) is 6.26 Å². The third-order valence-electron chi connectivity index (χ3n) is 4.60. The molecule has 4 aromatic rings. The number of sulfonamides is 1. The van der Waals surface area contributed by atoms with Crippen molar-refractivity contribution in [1.29, 1.82) is 0 Å². The Kier molecular flexibility index (Phi) is 5.56. The monoisotopic (exact) mass is 457 g/mol. The summed E-state index contributed by atoms with van der Waals surface area (Å²) in [5, 5.41) is 6.31. The number of hydrogen-bond acceptors (Lipinski definition) is 7. The number of primary sulfonamides is 1. The molecule has 0 radical (unpaired) electrons. The van der Waals surface area contributed by atoms with Crippen molar-refractivity contribution in [3.05, 3.63) is 76.7 Å². The molecule has 0 unspecified atom stereocenters. The Balaban J connectivity index is 1.76. The molecule has 158 valence electrons. The van der Waals surface area contributed by atoms with Crippen molar-refractivity contribution in [2.45, 2.75) is 16.6 Å². The quantitative estimate of drug-likeness (QED) is 0.361. The van der Waals surface area contributed by atoms with E-state index in [0.29, 0.717) is 27.3 Å². The maximum atomic E-state index is 14.6. The van der Waals surface area contributed by atoms with Gasteiger partial charge in [-0.3, -0.25) is 14.3 Å². The first-order chi connectivity index (χ1) is 14.8. The average molecular weight is 458 g/mol. The molecule has 3 aromatic heterocycles. The topological polar surface area (TPSA) is 121 Å². The maximum absolute atomic E-state index is 14.6. The molecule has 0 fully saturated rings. The Morgan fingerprint density at radius 3 is 2.65 bits per heavy atom. The molecule has 3 heterocycles. The maximum Gasteiger partial charge on any atom is 0.252 e. The summed E-state index contributed by atoms with van der Waals surface area (Å²) >= 11 is 1.37. The van der Waals surface area contributed by atoms with Crippen LogP contribution < -0.4 is 10.7 Å². The summed E-state index contributed by atoms with van der Waals surface area (Å²) in [4.78, 5) is 25.0. The molecule has 0 saturated carbocycles. The van der Waals surface area contributed by atoms with E-state index >= 15 is 0 Å². The molecule has 0 aliphatic carbocycles. The van der Waals surface area contributed by atoms with Crippen molar-refractivity contribution >= 4 is 32.8 Å². The van der Waals surface area contributed by atoms with Gasteiger partial charge in [0.15, 0.2) is 5.16 Å². The molecule has 0 atom stereocenters. The minimum absolute atomic E-state index is 0.165. The number of rotatable bonds is 5.